The second kappa shape index (κ2) is 2.59. The van der Waals surface area contributed by atoms with Crippen LogP contribution in [0.4, 0.5) is 0 Å². The Morgan fingerprint density at radius 2 is 2.25 bits per heavy atom. The third-order valence-electron chi connectivity index (χ3n) is 2.16. The summed E-state index contributed by atoms with van der Waals surface area (Å²) in [5.41, 5.74) is 2.24. The van der Waals surface area contributed by atoms with Gasteiger partial charge in [-0.05, 0) is 35.0 Å². The molecule has 0 saturated carbocycles. The summed E-state index contributed by atoms with van der Waals surface area (Å²) in [6, 6.07) is 4.02. The van der Waals surface area contributed by atoms with Gasteiger partial charge < -0.3 is 4.57 Å². The second-order valence-corrected chi connectivity index (χ2v) is 3.63. The van der Waals surface area contributed by atoms with Gasteiger partial charge in [0, 0.05) is 28.8 Å². The van der Waals surface area contributed by atoms with Crippen molar-refractivity contribution in [2.24, 2.45) is 7.05 Å². The van der Waals surface area contributed by atoms with Crippen molar-refractivity contribution in [1.29, 1.82) is 0 Å². The highest BCUT2D eigenvalue weighted by Crippen LogP contribution is 2.27. The summed E-state index contributed by atoms with van der Waals surface area (Å²) in [5.74, 6) is 0. The zero-order chi connectivity index (χ0) is 8.72. The molecule has 2 aromatic rings. The predicted molar refractivity (Wildman–Crippen MR) is 53.2 cm³/mol. The van der Waals surface area contributed by atoms with Crippen LogP contribution in [0.15, 0.2) is 22.8 Å². The average molecular weight is 225 g/mol. The van der Waals surface area contributed by atoms with Gasteiger partial charge in [-0.1, -0.05) is 0 Å². The molecule has 0 saturated heterocycles. The van der Waals surface area contributed by atoms with E-state index in [1.54, 1.807) is 0 Å². The van der Waals surface area contributed by atoms with Gasteiger partial charge >= 0.3 is 0 Å². The Labute approximate surface area is 79.3 Å². The third-order valence-corrected chi connectivity index (χ3v) is 3.16. The highest BCUT2D eigenvalue weighted by Gasteiger charge is 2.08. The number of hydrogen-bond donors (Lipinski definition) is 0. The molecule has 0 bridgehead atoms. The van der Waals surface area contributed by atoms with Crippen molar-refractivity contribution >= 4 is 27.0 Å². The van der Waals surface area contributed by atoms with Gasteiger partial charge in [-0.15, -0.1) is 0 Å². The fourth-order valence-electron chi connectivity index (χ4n) is 1.34. The standard InChI is InChI=1S/C9H9BrN2/c1-6-8(10)7-4-3-5-11-9(7)12(6)2/h3-5H,1-2H3. The van der Waals surface area contributed by atoms with Gasteiger partial charge in [-0.3, -0.25) is 0 Å². The molecule has 0 aliphatic rings. The second-order valence-electron chi connectivity index (χ2n) is 2.83. The zero-order valence-electron chi connectivity index (χ0n) is 7.00. The maximum atomic E-state index is 4.30. The van der Waals surface area contributed by atoms with Crippen molar-refractivity contribution in [2.45, 2.75) is 6.92 Å². The number of halogens is 1. The van der Waals surface area contributed by atoms with E-state index in [0.29, 0.717) is 0 Å². The molecule has 0 aliphatic carbocycles. The molecule has 62 valence electrons. The van der Waals surface area contributed by atoms with Crippen molar-refractivity contribution < 1.29 is 0 Å². The Hall–Kier alpha value is -0.830. The van der Waals surface area contributed by atoms with E-state index in [2.05, 4.69) is 38.5 Å². The van der Waals surface area contributed by atoms with Gasteiger partial charge in [0.25, 0.3) is 0 Å². The van der Waals surface area contributed by atoms with Crippen LogP contribution in [0.2, 0.25) is 0 Å². The first kappa shape index (κ1) is 7.80. The predicted octanol–water partition coefficient (Wildman–Crippen LogP) is 2.64. The quantitative estimate of drug-likeness (QED) is 0.673. The normalized spacial score (nSPS) is 10.9. The van der Waals surface area contributed by atoms with E-state index in [4.69, 9.17) is 0 Å². The third kappa shape index (κ3) is 0.894. The molecule has 0 radical (unpaired) electrons. The summed E-state index contributed by atoms with van der Waals surface area (Å²) in [5, 5.41) is 1.18. The van der Waals surface area contributed by atoms with Crippen LogP contribution in [0.5, 0.6) is 0 Å². The fraction of sp³-hybridized carbons (Fsp3) is 0.222. The van der Waals surface area contributed by atoms with Gasteiger partial charge in [-0.25, -0.2) is 4.98 Å². The summed E-state index contributed by atoms with van der Waals surface area (Å²) in [7, 11) is 2.02. The lowest BCUT2D eigenvalue weighted by Gasteiger charge is -1.95. The summed E-state index contributed by atoms with van der Waals surface area (Å²) in [4.78, 5) is 4.30. The van der Waals surface area contributed by atoms with Crippen LogP contribution in [0.1, 0.15) is 5.69 Å². The molecule has 0 amide bonds. The molecule has 0 unspecified atom stereocenters. The highest BCUT2D eigenvalue weighted by molar-refractivity contribution is 9.10. The molecule has 3 heteroatoms. The molecule has 12 heavy (non-hydrogen) atoms. The summed E-state index contributed by atoms with van der Waals surface area (Å²) >= 11 is 3.54. The smallest absolute Gasteiger partial charge is 0.140 e. The van der Waals surface area contributed by atoms with Gasteiger partial charge in [-0.2, -0.15) is 0 Å². The Morgan fingerprint density at radius 3 is 2.92 bits per heavy atom. The highest BCUT2D eigenvalue weighted by atomic mass is 79.9. The number of pyridine rings is 1. The van der Waals surface area contributed by atoms with Crippen molar-refractivity contribution in [2.75, 3.05) is 0 Å². The van der Waals surface area contributed by atoms with Crippen LogP contribution in [0.3, 0.4) is 0 Å². The minimum absolute atomic E-state index is 1.03. The summed E-state index contributed by atoms with van der Waals surface area (Å²) in [6.07, 6.45) is 1.81. The molecule has 2 heterocycles. The Bertz CT molecular complexity index is 392. The average Bonchev–Trinajstić information content (AvgIpc) is 2.33. The maximum Gasteiger partial charge on any atom is 0.140 e. The number of hydrogen-bond acceptors (Lipinski definition) is 1. The molecule has 0 fully saturated rings. The first-order valence-electron chi connectivity index (χ1n) is 3.77. The van der Waals surface area contributed by atoms with E-state index >= 15 is 0 Å². The van der Waals surface area contributed by atoms with Crippen LogP contribution in [0.25, 0.3) is 11.0 Å². The largest absolute Gasteiger partial charge is 0.332 e. The van der Waals surface area contributed by atoms with Crippen molar-refractivity contribution in [1.82, 2.24) is 9.55 Å². The number of rotatable bonds is 0. The van der Waals surface area contributed by atoms with E-state index in [0.717, 1.165) is 10.1 Å². The maximum absolute atomic E-state index is 4.30. The number of aryl methyl sites for hydroxylation is 1. The van der Waals surface area contributed by atoms with Gasteiger partial charge in [0.15, 0.2) is 0 Å². The van der Waals surface area contributed by atoms with Crippen LogP contribution in [-0.4, -0.2) is 9.55 Å². The lowest BCUT2D eigenvalue weighted by molar-refractivity contribution is 0.898. The number of nitrogens with zero attached hydrogens (tertiary/aromatic N) is 2. The van der Waals surface area contributed by atoms with Crippen molar-refractivity contribution in [3.05, 3.63) is 28.5 Å². The van der Waals surface area contributed by atoms with Crippen LogP contribution in [0, 0.1) is 6.92 Å². The van der Waals surface area contributed by atoms with Gasteiger partial charge in [0.05, 0.1) is 0 Å². The van der Waals surface area contributed by atoms with Crippen molar-refractivity contribution in [3.63, 3.8) is 0 Å². The van der Waals surface area contributed by atoms with E-state index in [1.165, 1.54) is 11.1 Å². The first-order chi connectivity index (χ1) is 5.72. The first-order valence-corrected chi connectivity index (χ1v) is 4.56. The molecule has 2 rings (SSSR count). The molecule has 0 aromatic carbocycles. The Kier molecular flexibility index (Phi) is 1.68. The Morgan fingerprint density at radius 1 is 1.50 bits per heavy atom. The van der Waals surface area contributed by atoms with E-state index in [9.17, 15) is 0 Å². The van der Waals surface area contributed by atoms with E-state index < -0.39 is 0 Å². The molecular formula is C9H9BrN2. The minimum atomic E-state index is 1.03. The lowest BCUT2D eigenvalue weighted by atomic mass is 10.3. The number of aromatic nitrogens is 2. The Balaban J connectivity index is 2.99. The van der Waals surface area contributed by atoms with Crippen molar-refractivity contribution in [3.8, 4) is 0 Å². The minimum Gasteiger partial charge on any atom is -0.332 e. The van der Waals surface area contributed by atoms with Crippen LogP contribution >= 0.6 is 15.9 Å². The monoisotopic (exact) mass is 224 g/mol. The zero-order valence-corrected chi connectivity index (χ0v) is 8.59. The molecule has 0 atom stereocenters. The molecular weight excluding hydrogens is 216 g/mol. The fourth-order valence-corrected chi connectivity index (χ4v) is 1.91. The topological polar surface area (TPSA) is 17.8 Å². The molecule has 2 nitrogen and oxygen atoms in total. The van der Waals surface area contributed by atoms with Gasteiger partial charge in [0.2, 0.25) is 0 Å². The summed E-state index contributed by atoms with van der Waals surface area (Å²) < 4.78 is 3.23. The summed E-state index contributed by atoms with van der Waals surface area (Å²) in [6.45, 7) is 2.08. The molecule has 2 aromatic heterocycles. The van der Waals surface area contributed by atoms with E-state index in [1.807, 2.05) is 19.3 Å². The lowest BCUT2D eigenvalue weighted by Crippen LogP contribution is -1.90. The molecule has 0 aliphatic heterocycles. The van der Waals surface area contributed by atoms with E-state index in [-0.39, 0.29) is 0 Å². The van der Waals surface area contributed by atoms with Crippen LogP contribution < -0.4 is 0 Å². The SMILES string of the molecule is Cc1c(Br)c2cccnc2n1C. The van der Waals surface area contributed by atoms with Gasteiger partial charge in [0.1, 0.15) is 5.65 Å². The van der Waals surface area contributed by atoms with Crippen LogP contribution in [-0.2, 0) is 7.05 Å². The number of fused-ring (bicyclic) bond motifs is 1. The molecule has 0 spiro atoms. The molecule has 0 N–H and O–H groups in total.